The second-order valence-electron chi connectivity index (χ2n) is 4.78. The summed E-state index contributed by atoms with van der Waals surface area (Å²) in [5.74, 6) is 0.147. The minimum Gasteiger partial charge on any atom is -0.389 e. The van der Waals surface area contributed by atoms with Gasteiger partial charge < -0.3 is 15.5 Å². The Morgan fingerprint density at radius 1 is 1.40 bits per heavy atom. The maximum Gasteiger partial charge on any atom is 0.224 e. The van der Waals surface area contributed by atoms with Crippen LogP contribution in [0.5, 0.6) is 0 Å². The lowest BCUT2D eigenvalue weighted by atomic mass is 9.97. The van der Waals surface area contributed by atoms with Gasteiger partial charge in [0.15, 0.2) is 5.12 Å². The summed E-state index contributed by atoms with van der Waals surface area (Å²) in [6, 6.07) is 5.20. The molecule has 0 aromatic heterocycles. The van der Waals surface area contributed by atoms with Crippen LogP contribution in [0.3, 0.4) is 0 Å². The number of carbonyl (C=O) groups excluding carboxylic acids is 2. The van der Waals surface area contributed by atoms with Crippen molar-refractivity contribution in [1.29, 1.82) is 0 Å². The number of amides is 1. The van der Waals surface area contributed by atoms with Gasteiger partial charge in [0.1, 0.15) is 6.10 Å². The number of hydrogen-bond donors (Lipinski definition) is 3. The van der Waals surface area contributed by atoms with Gasteiger partial charge in [0, 0.05) is 24.8 Å². The van der Waals surface area contributed by atoms with Crippen LogP contribution in [-0.2, 0) is 16.0 Å². The van der Waals surface area contributed by atoms with E-state index in [2.05, 4.69) is 5.32 Å². The second kappa shape index (κ2) is 6.39. The van der Waals surface area contributed by atoms with Crippen molar-refractivity contribution in [3.63, 3.8) is 0 Å². The summed E-state index contributed by atoms with van der Waals surface area (Å²) in [7, 11) is 0. The van der Waals surface area contributed by atoms with E-state index in [1.165, 1.54) is 6.92 Å². The zero-order valence-corrected chi connectivity index (χ0v) is 11.9. The Labute approximate surface area is 121 Å². The fourth-order valence-corrected chi connectivity index (χ4v) is 2.69. The van der Waals surface area contributed by atoms with Crippen molar-refractivity contribution in [1.82, 2.24) is 0 Å². The highest BCUT2D eigenvalue weighted by molar-refractivity contribution is 8.13. The molecule has 1 aliphatic rings. The molecule has 3 N–H and O–H groups in total. The molecule has 1 amide bonds. The number of carbonyl (C=O) groups is 2. The number of aliphatic hydroxyl groups excluding tert-OH is 2. The average molecular weight is 295 g/mol. The van der Waals surface area contributed by atoms with Crippen molar-refractivity contribution < 1.29 is 19.8 Å². The lowest BCUT2D eigenvalue weighted by Gasteiger charge is -2.21. The molecular formula is C14H17NO4S. The molecule has 2 rings (SSSR count). The van der Waals surface area contributed by atoms with Gasteiger partial charge in [0.2, 0.25) is 5.91 Å². The average Bonchev–Trinajstić information content (AvgIpc) is 2.43. The van der Waals surface area contributed by atoms with E-state index < -0.39 is 12.2 Å². The third-order valence-corrected chi connectivity index (χ3v) is 4.10. The van der Waals surface area contributed by atoms with Crippen LogP contribution in [-0.4, -0.2) is 33.1 Å². The number of benzene rings is 1. The standard InChI is InChI=1S/C14H17NO4S/c1-8(16)20-7-12(17)14(19)10-2-4-11-9(6-10)3-5-13(18)15-11/h2,4,6,12,14,17,19H,3,5,7H2,1H3,(H,15,18). The molecule has 1 aliphatic heterocycles. The first kappa shape index (κ1) is 15.0. The largest absolute Gasteiger partial charge is 0.389 e. The molecule has 0 spiro atoms. The number of aryl methyl sites for hydroxylation is 1. The van der Waals surface area contributed by atoms with E-state index in [0.29, 0.717) is 18.4 Å². The SMILES string of the molecule is CC(=O)SCC(O)C(O)c1ccc2c(c1)CCC(=O)N2. The highest BCUT2D eigenvalue weighted by atomic mass is 32.2. The van der Waals surface area contributed by atoms with Crippen LogP contribution in [0.15, 0.2) is 18.2 Å². The fourth-order valence-electron chi connectivity index (χ4n) is 2.10. The molecule has 2 unspecified atom stereocenters. The molecule has 5 nitrogen and oxygen atoms in total. The Bertz CT molecular complexity index is 532. The van der Waals surface area contributed by atoms with Gasteiger partial charge in [-0.05, 0) is 23.6 Å². The van der Waals surface area contributed by atoms with E-state index >= 15 is 0 Å². The summed E-state index contributed by atoms with van der Waals surface area (Å²) in [4.78, 5) is 22.1. The fraction of sp³-hybridized carbons (Fsp3) is 0.429. The summed E-state index contributed by atoms with van der Waals surface area (Å²) < 4.78 is 0. The first-order chi connectivity index (χ1) is 9.47. The van der Waals surface area contributed by atoms with E-state index in [0.717, 1.165) is 23.0 Å². The van der Waals surface area contributed by atoms with E-state index in [1.807, 2.05) is 0 Å². The molecule has 0 radical (unpaired) electrons. The molecule has 0 bridgehead atoms. The number of aliphatic hydroxyl groups is 2. The zero-order valence-electron chi connectivity index (χ0n) is 11.1. The predicted molar refractivity (Wildman–Crippen MR) is 77.5 cm³/mol. The maximum absolute atomic E-state index is 11.3. The Morgan fingerprint density at radius 2 is 2.15 bits per heavy atom. The van der Waals surface area contributed by atoms with Gasteiger partial charge in [-0.25, -0.2) is 0 Å². The Kier molecular flexibility index (Phi) is 4.80. The highest BCUT2D eigenvalue weighted by Gasteiger charge is 2.22. The normalized spacial score (nSPS) is 17.1. The van der Waals surface area contributed by atoms with Crippen molar-refractivity contribution in [3.05, 3.63) is 29.3 Å². The predicted octanol–water partition coefficient (Wildman–Crippen LogP) is 1.25. The van der Waals surface area contributed by atoms with Gasteiger partial charge in [0.25, 0.3) is 0 Å². The van der Waals surface area contributed by atoms with Crippen LogP contribution in [0, 0.1) is 0 Å². The van der Waals surface area contributed by atoms with Crippen molar-refractivity contribution in [3.8, 4) is 0 Å². The molecule has 2 atom stereocenters. The smallest absolute Gasteiger partial charge is 0.224 e. The molecule has 1 aromatic carbocycles. The van der Waals surface area contributed by atoms with Gasteiger partial charge >= 0.3 is 0 Å². The summed E-state index contributed by atoms with van der Waals surface area (Å²) in [6.07, 6.45) is -0.986. The molecule has 0 aliphatic carbocycles. The van der Waals surface area contributed by atoms with E-state index in [-0.39, 0.29) is 16.8 Å². The molecular weight excluding hydrogens is 278 g/mol. The number of rotatable bonds is 4. The summed E-state index contributed by atoms with van der Waals surface area (Å²) in [5, 5.41) is 22.6. The minimum absolute atomic E-state index is 0.0105. The Balaban J connectivity index is 2.09. The van der Waals surface area contributed by atoms with Crippen molar-refractivity contribution in [2.24, 2.45) is 0 Å². The number of anilines is 1. The third-order valence-electron chi connectivity index (χ3n) is 3.19. The van der Waals surface area contributed by atoms with Gasteiger partial charge in [0.05, 0.1) is 6.10 Å². The minimum atomic E-state index is -1.04. The van der Waals surface area contributed by atoms with Gasteiger partial charge in [-0.3, -0.25) is 9.59 Å². The number of nitrogens with one attached hydrogen (secondary N) is 1. The van der Waals surface area contributed by atoms with Crippen molar-refractivity contribution >= 4 is 28.5 Å². The third kappa shape index (κ3) is 3.59. The van der Waals surface area contributed by atoms with Gasteiger partial charge in [-0.1, -0.05) is 23.9 Å². The number of fused-ring (bicyclic) bond motifs is 1. The maximum atomic E-state index is 11.3. The first-order valence-electron chi connectivity index (χ1n) is 6.39. The highest BCUT2D eigenvalue weighted by Crippen LogP contribution is 2.28. The Morgan fingerprint density at radius 3 is 2.85 bits per heavy atom. The summed E-state index contributed by atoms with van der Waals surface area (Å²) >= 11 is 0.986. The summed E-state index contributed by atoms with van der Waals surface area (Å²) in [5.41, 5.74) is 2.30. The summed E-state index contributed by atoms with van der Waals surface area (Å²) in [6.45, 7) is 1.42. The van der Waals surface area contributed by atoms with Crippen molar-refractivity contribution in [2.45, 2.75) is 32.0 Å². The van der Waals surface area contributed by atoms with Crippen LogP contribution in [0.1, 0.15) is 30.6 Å². The van der Waals surface area contributed by atoms with Crippen molar-refractivity contribution in [2.75, 3.05) is 11.1 Å². The van der Waals surface area contributed by atoms with E-state index in [9.17, 15) is 19.8 Å². The van der Waals surface area contributed by atoms with Crippen LogP contribution in [0.2, 0.25) is 0 Å². The topological polar surface area (TPSA) is 86.6 Å². The Hall–Kier alpha value is -1.37. The lowest BCUT2D eigenvalue weighted by molar-refractivity contribution is -0.116. The lowest BCUT2D eigenvalue weighted by Crippen LogP contribution is -2.23. The molecule has 0 saturated carbocycles. The molecule has 0 saturated heterocycles. The van der Waals surface area contributed by atoms with Crippen LogP contribution in [0.25, 0.3) is 0 Å². The molecule has 0 fully saturated rings. The quantitative estimate of drug-likeness (QED) is 0.778. The van der Waals surface area contributed by atoms with Crippen LogP contribution < -0.4 is 5.32 Å². The molecule has 1 aromatic rings. The van der Waals surface area contributed by atoms with E-state index in [4.69, 9.17) is 0 Å². The monoisotopic (exact) mass is 295 g/mol. The number of thioether (sulfide) groups is 1. The van der Waals surface area contributed by atoms with Gasteiger partial charge in [-0.2, -0.15) is 0 Å². The molecule has 20 heavy (non-hydrogen) atoms. The molecule has 1 heterocycles. The zero-order chi connectivity index (χ0) is 14.7. The molecule has 108 valence electrons. The second-order valence-corrected chi connectivity index (χ2v) is 5.98. The first-order valence-corrected chi connectivity index (χ1v) is 7.38. The van der Waals surface area contributed by atoms with E-state index in [1.54, 1.807) is 18.2 Å². The van der Waals surface area contributed by atoms with Gasteiger partial charge in [-0.15, -0.1) is 0 Å². The number of hydrogen-bond acceptors (Lipinski definition) is 5. The van der Waals surface area contributed by atoms with Crippen LogP contribution in [0.4, 0.5) is 5.69 Å². The molecule has 6 heteroatoms. The van der Waals surface area contributed by atoms with Crippen LogP contribution >= 0.6 is 11.8 Å².